The van der Waals surface area contributed by atoms with E-state index in [1.54, 1.807) is 36.2 Å². The molecule has 0 aliphatic heterocycles. The van der Waals surface area contributed by atoms with Gasteiger partial charge >= 0.3 is 5.82 Å². The zero-order valence-electron chi connectivity index (χ0n) is 11.4. The lowest BCUT2D eigenvalue weighted by molar-refractivity contribution is -0.389. The van der Waals surface area contributed by atoms with E-state index < -0.39 is 4.92 Å². The highest BCUT2D eigenvalue weighted by Gasteiger charge is 2.26. The SMILES string of the molecule is CCN(CC(C)C#N)c1nc2ccccn2c1[N+](=O)[O-]. The van der Waals surface area contributed by atoms with E-state index in [4.69, 9.17) is 5.26 Å². The molecule has 0 aromatic carbocycles. The Hall–Kier alpha value is -2.62. The number of aromatic nitrogens is 2. The Labute approximate surface area is 116 Å². The molecule has 0 radical (unpaired) electrons. The molecule has 20 heavy (non-hydrogen) atoms. The van der Waals surface area contributed by atoms with E-state index >= 15 is 0 Å². The third kappa shape index (κ3) is 2.40. The van der Waals surface area contributed by atoms with Gasteiger partial charge in [-0.3, -0.25) is 0 Å². The van der Waals surface area contributed by atoms with Crippen molar-refractivity contribution < 1.29 is 4.92 Å². The monoisotopic (exact) mass is 273 g/mol. The number of pyridine rings is 1. The summed E-state index contributed by atoms with van der Waals surface area (Å²) in [4.78, 5) is 17.0. The molecule has 0 N–H and O–H groups in total. The lowest BCUT2D eigenvalue weighted by Gasteiger charge is -2.20. The second-order valence-corrected chi connectivity index (χ2v) is 4.51. The summed E-state index contributed by atoms with van der Waals surface area (Å²) in [5, 5.41) is 20.2. The van der Waals surface area contributed by atoms with E-state index in [-0.39, 0.29) is 11.7 Å². The molecule has 7 nitrogen and oxygen atoms in total. The van der Waals surface area contributed by atoms with Crippen molar-refractivity contribution in [1.29, 1.82) is 5.26 Å². The van der Waals surface area contributed by atoms with Crippen LogP contribution in [0.15, 0.2) is 24.4 Å². The minimum absolute atomic E-state index is 0.0624. The quantitative estimate of drug-likeness (QED) is 0.615. The number of nitriles is 1. The Morgan fingerprint density at radius 3 is 2.95 bits per heavy atom. The van der Waals surface area contributed by atoms with Gasteiger partial charge in [0.25, 0.3) is 0 Å². The first-order chi connectivity index (χ1) is 9.58. The van der Waals surface area contributed by atoms with Crippen molar-refractivity contribution in [3.8, 4) is 6.07 Å². The Kier molecular flexibility index (Phi) is 3.84. The molecule has 0 saturated carbocycles. The van der Waals surface area contributed by atoms with Gasteiger partial charge in [-0.25, -0.2) is 0 Å². The summed E-state index contributed by atoms with van der Waals surface area (Å²) in [5.41, 5.74) is 0.525. The molecule has 1 atom stereocenters. The van der Waals surface area contributed by atoms with E-state index in [9.17, 15) is 10.1 Å². The number of nitrogens with zero attached hydrogens (tertiary/aromatic N) is 5. The molecule has 2 heterocycles. The average Bonchev–Trinajstić information content (AvgIpc) is 2.83. The Morgan fingerprint density at radius 1 is 1.60 bits per heavy atom. The topological polar surface area (TPSA) is 87.5 Å². The van der Waals surface area contributed by atoms with Gasteiger partial charge in [-0.2, -0.15) is 14.6 Å². The summed E-state index contributed by atoms with van der Waals surface area (Å²) in [7, 11) is 0. The van der Waals surface area contributed by atoms with Gasteiger partial charge in [-0.1, -0.05) is 6.07 Å². The van der Waals surface area contributed by atoms with Gasteiger partial charge < -0.3 is 15.0 Å². The summed E-state index contributed by atoms with van der Waals surface area (Å²) >= 11 is 0. The van der Waals surface area contributed by atoms with Crippen LogP contribution in [-0.2, 0) is 0 Å². The molecular formula is C13H15N5O2. The molecule has 0 amide bonds. The number of anilines is 1. The first kappa shape index (κ1) is 13.8. The molecule has 2 aromatic heterocycles. The molecule has 0 bridgehead atoms. The number of fused-ring (bicyclic) bond motifs is 1. The van der Waals surface area contributed by atoms with E-state index in [0.29, 0.717) is 24.6 Å². The second kappa shape index (κ2) is 5.57. The zero-order valence-corrected chi connectivity index (χ0v) is 11.4. The van der Waals surface area contributed by atoms with Gasteiger partial charge in [-0.15, -0.1) is 0 Å². The lowest BCUT2D eigenvalue weighted by atomic mass is 10.2. The Morgan fingerprint density at radius 2 is 2.35 bits per heavy atom. The standard InChI is InChI=1S/C13H15N5O2/c1-3-16(9-10(2)8-14)12-13(18(19)20)17-7-5-4-6-11(17)15-12/h4-7,10H,3,9H2,1-2H3. The van der Waals surface area contributed by atoms with Crippen molar-refractivity contribution >= 4 is 17.3 Å². The largest absolute Gasteiger partial charge is 0.372 e. The van der Waals surface area contributed by atoms with Crippen LogP contribution in [0.25, 0.3) is 5.65 Å². The van der Waals surface area contributed by atoms with Crippen LogP contribution in [0.4, 0.5) is 11.6 Å². The molecule has 0 aliphatic rings. The molecular weight excluding hydrogens is 258 g/mol. The molecule has 0 aliphatic carbocycles. The lowest BCUT2D eigenvalue weighted by Crippen LogP contribution is -2.28. The summed E-state index contributed by atoms with van der Waals surface area (Å²) in [6.45, 7) is 4.64. The molecule has 0 fully saturated rings. The van der Waals surface area contributed by atoms with Gasteiger partial charge in [-0.05, 0) is 24.8 Å². The fourth-order valence-electron chi connectivity index (χ4n) is 2.09. The van der Waals surface area contributed by atoms with Crippen molar-refractivity contribution in [3.05, 3.63) is 34.5 Å². The maximum atomic E-state index is 11.3. The van der Waals surface area contributed by atoms with Crippen LogP contribution in [0, 0.1) is 27.4 Å². The van der Waals surface area contributed by atoms with Crippen molar-refractivity contribution in [3.63, 3.8) is 0 Å². The third-order valence-corrected chi connectivity index (χ3v) is 3.06. The smallest absolute Gasteiger partial charge is 0.358 e. The fraction of sp³-hybridized carbons (Fsp3) is 0.385. The predicted molar refractivity (Wildman–Crippen MR) is 74.5 cm³/mol. The first-order valence-electron chi connectivity index (χ1n) is 6.34. The van der Waals surface area contributed by atoms with E-state index in [0.717, 1.165) is 0 Å². The average molecular weight is 273 g/mol. The summed E-state index contributed by atoms with van der Waals surface area (Å²) < 4.78 is 1.45. The van der Waals surface area contributed by atoms with Crippen LogP contribution in [-0.4, -0.2) is 27.4 Å². The van der Waals surface area contributed by atoms with Crippen molar-refractivity contribution in [2.75, 3.05) is 18.0 Å². The number of imidazole rings is 1. The first-order valence-corrected chi connectivity index (χ1v) is 6.34. The molecule has 1 unspecified atom stereocenters. The third-order valence-electron chi connectivity index (χ3n) is 3.06. The summed E-state index contributed by atoms with van der Waals surface area (Å²) in [6, 6.07) is 7.36. The predicted octanol–water partition coefficient (Wildman–Crippen LogP) is 2.23. The molecule has 0 spiro atoms. The summed E-state index contributed by atoms with van der Waals surface area (Å²) in [5.74, 6) is 0.0257. The number of hydrogen-bond donors (Lipinski definition) is 0. The summed E-state index contributed by atoms with van der Waals surface area (Å²) in [6.07, 6.45) is 1.62. The van der Waals surface area contributed by atoms with Gasteiger partial charge in [0, 0.05) is 19.2 Å². The van der Waals surface area contributed by atoms with Crippen LogP contribution in [0.5, 0.6) is 0 Å². The van der Waals surface area contributed by atoms with Crippen LogP contribution >= 0.6 is 0 Å². The minimum atomic E-state index is -0.435. The van der Waals surface area contributed by atoms with Gasteiger partial charge in [0.05, 0.1) is 18.2 Å². The Bertz CT molecular complexity index is 673. The van der Waals surface area contributed by atoms with E-state index in [1.165, 1.54) is 4.40 Å². The fourth-order valence-corrected chi connectivity index (χ4v) is 2.09. The number of nitro groups is 1. The van der Waals surface area contributed by atoms with Gasteiger partial charge in [0.1, 0.15) is 0 Å². The highest BCUT2D eigenvalue weighted by Crippen LogP contribution is 2.29. The van der Waals surface area contributed by atoms with Crippen molar-refractivity contribution in [1.82, 2.24) is 9.38 Å². The van der Waals surface area contributed by atoms with E-state index in [2.05, 4.69) is 11.1 Å². The highest BCUT2D eigenvalue weighted by molar-refractivity contribution is 5.63. The normalized spacial score (nSPS) is 12.1. The molecule has 2 rings (SSSR count). The van der Waals surface area contributed by atoms with Crippen LogP contribution in [0.2, 0.25) is 0 Å². The molecule has 7 heteroatoms. The van der Waals surface area contributed by atoms with Crippen LogP contribution in [0.1, 0.15) is 13.8 Å². The van der Waals surface area contributed by atoms with Crippen LogP contribution < -0.4 is 4.90 Å². The molecule has 0 saturated heterocycles. The van der Waals surface area contributed by atoms with E-state index in [1.807, 2.05) is 6.92 Å². The van der Waals surface area contributed by atoms with Gasteiger partial charge in [0.2, 0.25) is 11.5 Å². The maximum Gasteiger partial charge on any atom is 0.372 e. The maximum absolute atomic E-state index is 11.3. The Balaban J connectivity index is 2.54. The minimum Gasteiger partial charge on any atom is -0.358 e. The van der Waals surface area contributed by atoms with Crippen molar-refractivity contribution in [2.24, 2.45) is 5.92 Å². The van der Waals surface area contributed by atoms with Crippen molar-refractivity contribution in [2.45, 2.75) is 13.8 Å². The number of hydrogen-bond acceptors (Lipinski definition) is 5. The molecule has 2 aromatic rings. The number of rotatable bonds is 5. The highest BCUT2D eigenvalue weighted by atomic mass is 16.6. The van der Waals surface area contributed by atoms with Gasteiger partial charge in [0.15, 0.2) is 0 Å². The second-order valence-electron chi connectivity index (χ2n) is 4.51. The molecule has 104 valence electrons. The van der Waals surface area contributed by atoms with Crippen LogP contribution in [0.3, 0.4) is 0 Å². The zero-order chi connectivity index (χ0) is 14.7.